The Morgan fingerprint density at radius 2 is 0.549 bits per heavy atom. The number of fused-ring (bicyclic) bond motifs is 6. The fraction of sp³-hybridized carbons (Fsp3) is 0.0500. The Labute approximate surface area is 479 Å². The second-order valence-electron chi connectivity index (χ2n) is 22.5. The largest absolute Gasteiger partial charge is 0.310 e. The SMILES string of the molecule is Cc1cccc(C2(c3cccc(N(c4ccccc4)c4ccc5ccc6c(N(c7ccccc7)c7cccc(C8(c9cccc(C)c9)c9ccccc9-c9ccccc98)c7)ccc7ccc4c5c76)c3)c3ccccc3-c3ccccc32)c1. The van der Waals surface area contributed by atoms with Gasteiger partial charge in [-0.15, -0.1) is 0 Å². The van der Waals surface area contributed by atoms with Crippen LogP contribution in [0, 0.1) is 13.8 Å². The molecule has 14 aromatic rings. The van der Waals surface area contributed by atoms with Gasteiger partial charge in [0.05, 0.1) is 22.2 Å². The van der Waals surface area contributed by atoms with E-state index in [9.17, 15) is 0 Å². The van der Waals surface area contributed by atoms with Gasteiger partial charge in [-0.1, -0.05) is 254 Å². The van der Waals surface area contributed by atoms with Crippen LogP contribution in [0.25, 0.3) is 54.6 Å². The van der Waals surface area contributed by atoms with E-state index in [1.54, 1.807) is 0 Å². The summed E-state index contributed by atoms with van der Waals surface area (Å²) in [5.41, 5.74) is 23.4. The molecule has 0 fully saturated rings. The van der Waals surface area contributed by atoms with Gasteiger partial charge in [0, 0.05) is 33.5 Å². The van der Waals surface area contributed by atoms with E-state index in [2.05, 4.69) is 327 Å². The van der Waals surface area contributed by atoms with Crippen LogP contribution < -0.4 is 9.80 Å². The van der Waals surface area contributed by atoms with Gasteiger partial charge in [-0.2, -0.15) is 0 Å². The van der Waals surface area contributed by atoms with Crippen molar-refractivity contribution in [2.24, 2.45) is 0 Å². The van der Waals surface area contributed by atoms with Gasteiger partial charge in [0.25, 0.3) is 0 Å². The number of aryl methyl sites for hydroxylation is 2. The quantitative estimate of drug-likeness (QED) is 0.126. The zero-order valence-corrected chi connectivity index (χ0v) is 45.8. The first kappa shape index (κ1) is 47.7. The van der Waals surface area contributed by atoms with E-state index >= 15 is 0 Å². The molecule has 82 heavy (non-hydrogen) atoms. The molecule has 0 spiro atoms. The number of rotatable bonds is 10. The average molecular weight is 1050 g/mol. The molecule has 0 saturated carbocycles. The van der Waals surface area contributed by atoms with E-state index in [0.29, 0.717) is 0 Å². The lowest BCUT2D eigenvalue weighted by atomic mass is 9.67. The topological polar surface area (TPSA) is 6.48 Å². The Hall–Kier alpha value is -10.3. The summed E-state index contributed by atoms with van der Waals surface area (Å²) in [6.07, 6.45) is 0. The predicted molar refractivity (Wildman–Crippen MR) is 344 cm³/mol. The molecule has 0 amide bonds. The Morgan fingerprint density at radius 1 is 0.244 bits per heavy atom. The van der Waals surface area contributed by atoms with Gasteiger partial charge in [-0.25, -0.2) is 0 Å². The normalized spacial score (nSPS) is 13.4. The van der Waals surface area contributed by atoms with Gasteiger partial charge in [0.2, 0.25) is 0 Å². The van der Waals surface area contributed by atoms with Gasteiger partial charge in [0.1, 0.15) is 0 Å². The fourth-order valence-electron chi connectivity index (χ4n) is 14.7. The Balaban J connectivity index is 0.900. The first-order valence-electron chi connectivity index (χ1n) is 28.7. The number of para-hydroxylation sites is 2. The minimum atomic E-state index is -0.548. The van der Waals surface area contributed by atoms with Crippen LogP contribution in [0.5, 0.6) is 0 Å². The van der Waals surface area contributed by atoms with Crippen molar-refractivity contribution in [2.75, 3.05) is 9.80 Å². The molecule has 0 bridgehead atoms. The minimum absolute atomic E-state index is 0.548. The highest BCUT2D eigenvalue weighted by Crippen LogP contribution is 2.59. The van der Waals surface area contributed by atoms with E-state index in [-0.39, 0.29) is 0 Å². The summed E-state index contributed by atoms with van der Waals surface area (Å²) < 4.78 is 0. The van der Waals surface area contributed by atoms with Crippen molar-refractivity contribution in [2.45, 2.75) is 24.7 Å². The summed E-state index contributed by atoms with van der Waals surface area (Å²) in [5, 5.41) is 7.31. The van der Waals surface area contributed by atoms with Crippen LogP contribution in [-0.4, -0.2) is 0 Å². The van der Waals surface area contributed by atoms with Crippen LogP contribution >= 0.6 is 0 Å². The van der Waals surface area contributed by atoms with Crippen LogP contribution in [0.15, 0.2) is 303 Å². The lowest BCUT2D eigenvalue weighted by Gasteiger charge is -2.35. The zero-order chi connectivity index (χ0) is 54.5. The fourth-order valence-corrected chi connectivity index (χ4v) is 14.7. The third kappa shape index (κ3) is 6.95. The van der Waals surface area contributed by atoms with E-state index in [1.165, 1.54) is 110 Å². The van der Waals surface area contributed by atoms with Gasteiger partial charge < -0.3 is 9.80 Å². The number of hydrogen-bond acceptors (Lipinski definition) is 2. The van der Waals surface area contributed by atoms with Crippen molar-refractivity contribution in [3.05, 3.63) is 359 Å². The third-order valence-corrected chi connectivity index (χ3v) is 18.0. The standard InChI is InChI=1S/C80H56N2/c1-53-21-17-23-57(49-53)79(71-37-13-9-33-65(71)66-34-10-14-38-72(66)79)59-25-19-31-63(51-59)81(61-27-5-3-6-28-61)75-47-43-55-42-46-70-76(48-44-56-41-45-69(75)77(55)78(56)70)82(62-29-7-4-8-30-62)64-32-20-26-60(52-64)80(58-24-18-22-54(2)50-58)73-39-15-11-35-67(73)68-36-12-16-40-74(68)80/h3-52H,1-2H3. The molecule has 0 aromatic heterocycles. The molecule has 0 unspecified atom stereocenters. The monoisotopic (exact) mass is 1040 g/mol. The maximum absolute atomic E-state index is 2.48. The molecule has 0 saturated heterocycles. The highest BCUT2D eigenvalue weighted by Gasteiger charge is 2.48. The third-order valence-electron chi connectivity index (χ3n) is 18.0. The highest BCUT2D eigenvalue weighted by molar-refractivity contribution is 6.28. The van der Waals surface area contributed by atoms with Crippen LogP contribution in [0.4, 0.5) is 34.1 Å². The first-order valence-corrected chi connectivity index (χ1v) is 28.7. The average Bonchev–Trinajstić information content (AvgIpc) is 2.48. The summed E-state index contributed by atoms with van der Waals surface area (Å²) in [6, 6.07) is 114. The molecule has 386 valence electrons. The van der Waals surface area contributed by atoms with Crippen molar-refractivity contribution in [1.82, 2.24) is 0 Å². The van der Waals surface area contributed by atoms with E-state index in [4.69, 9.17) is 0 Å². The van der Waals surface area contributed by atoms with Crippen molar-refractivity contribution >= 4 is 66.4 Å². The second-order valence-corrected chi connectivity index (χ2v) is 22.5. The zero-order valence-electron chi connectivity index (χ0n) is 45.8. The van der Waals surface area contributed by atoms with E-state index in [1.807, 2.05) is 0 Å². The Morgan fingerprint density at radius 3 is 0.915 bits per heavy atom. The molecule has 0 heterocycles. The summed E-state index contributed by atoms with van der Waals surface area (Å²) in [6.45, 7) is 4.42. The van der Waals surface area contributed by atoms with Gasteiger partial charge >= 0.3 is 0 Å². The van der Waals surface area contributed by atoms with Gasteiger partial charge in [-0.05, 0) is 163 Å². The Bertz CT molecular complexity index is 4410. The van der Waals surface area contributed by atoms with Crippen LogP contribution in [-0.2, 0) is 10.8 Å². The molecular formula is C80H56N2. The highest BCUT2D eigenvalue weighted by atomic mass is 15.1. The maximum atomic E-state index is 2.48. The van der Waals surface area contributed by atoms with Crippen LogP contribution in [0.2, 0.25) is 0 Å². The number of benzene rings is 14. The maximum Gasteiger partial charge on any atom is 0.0714 e. The number of hydrogen-bond donors (Lipinski definition) is 0. The van der Waals surface area contributed by atoms with Crippen molar-refractivity contribution in [3.8, 4) is 22.3 Å². The molecule has 0 N–H and O–H groups in total. The van der Waals surface area contributed by atoms with Crippen LogP contribution in [0.3, 0.4) is 0 Å². The molecular weight excluding hydrogens is 989 g/mol. The Kier molecular flexibility index (Phi) is 10.9. The molecule has 14 aromatic carbocycles. The van der Waals surface area contributed by atoms with Crippen molar-refractivity contribution < 1.29 is 0 Å². The second kappa shape index (κ2) is 18.7. The van der Waals surface area contributed by atoms with E-state index in [0.717, 1.165) is 34.1 Å². The molecule has 2 heteroatoms. The summed E-state index contributed by atoms with van der Waals surface area (Å²) in [5.74, 6) is 0. The van der Waals surface area contributed by atoms with E-state index < -0.39 is 10.8 Å². The molecule has 0 atom stereocenters. The molecule has 0 radical (unpaired) electrons. The van der Waals surface area contributed by atoms with Crippen molar-refractivity contribution in [1.29, 1.82) is 0 Å². The number of nitrogens with zero attached hydrogens (tertiary/aromatic N) is 2. The molecule has 0 aliphatic heterocycles. The number of anilines is 6. The molecule has 2 aliphatic carbocycles. The summed E-state index contributed by atoms with van der Waals surface area (Å²) >= 11 is 0. The predicted octanol–water partition coefficient (Wildman–Crippen LogP) is 20.9. The molecule has 16 rings (SSSR count). The smallest absolute Gasteiger partial charge is 0.0714 e. The molecule has 2 aliphatic rings. The van der Waals surface area contributed by atoms with Crippen LogP contribution in [0.1, 0.15) is 55.6 Å². The van der Waals surface area contributed by atoms with Gasteiger partial charge in [0.15, 0.2) is 0 Å². The van der Waals surface area contributed by atoms with Gasteiger partial charge in [-0.3, -0.25) is 0 Å². The summed E-state index contributed by atoms with van der Waals surface area (Å²) in [4.78, 5) is 4.97. The summed E-state index contributed by atoms with van der Waals surface area (Å²) in [7, 11) is 0. The minimum Gasteiger partial charge on any atom is -0.310 e. The lowest BCUT2D eigenvalue weighted by Crippen LogP contribution is -2.29. The first-order chi connectivity index (χ1) is 40.5. The molecule has 2 nitrogen and oxygen atoms in total. The van der Waals surface area contributed by atoms with Crippen molar-refractivity contribution in [3.63, 3.8) is 0 Å². The lowest BCUT2D eigenvalue weighted by molar-refractivity contribution is 0.767.